The van der Waals surface area contributed by atoms with Gasteiger partial charge in [0.25, 0.3) is 0 Å². The van der Waals surface area contributed by atoms with Crippen LogP contribution in [0, 0.1) is 5.41 Å². The standard InChI is InChI=1S/C19H17F3N4O3S/c1-18(2)14(13-7-6-12(9-24-13)30(23,27)28)15(18)17-25-16(26-29-17)10-4-3-5-11(8-10)19(20,21)22/h3-9,14-15H,1-2H3,(H2,23,27,28)/t14-,15+/m1/s1. The Morgan fingerprint density at radius 1 is 1.13 bits per heavy atom. The number of alkyl halides is 3. The van der Waals surface area contributed by atoms with E-state index in [1.807, 2.05) is 13.8 Å². The summed E-state index contributed by atoms with van der Waals surface area (Å²) in [4.78, 5) is 8.42. The van der Waals surface area contributed by atoms with Gasteiger partial charge >= 0.3 is 6.18 Å². The molecule has 0 aliphatic heterocycles. The van der Waals surface area contributed by atoms with E-state index in [1.165, 1.54) is 24.4 Å². The molecule has 1 aliphatic rings. The second kappa shape index (κ2) is 6.61. The molecule has 2 atom stereocenters. The van der Waals surface area contributed by atoms with Gasteiger partial charge in [0.1, 0.15) is 4.90 Å². The number of hydrogen-bond acceptors (Lipinski definition) is 6. The maximum Gasteiger partial charge on any atom is 0.416 e. The van der Waals surface area contributed by atoms with Crippen molar-refractivity contribution in [2.45, 2.75) is 36.8 Å². The van der Waals surface area contributed by atoms with Gasteiger partial charge in [0.15, 0.2) is 0 Å². The lowest BCUT2D eigenvalue weighted by Crippen LogP contribution is -2.12. The molecular formula is C19H17F3N4O3S. The molecule has 11 heteroatoms. The van der Waals surface area contributed by atoms with E-state index in [0.29, 0.717) is 5.69 Å². The predicted molar refractivity (Wildman–Crippen MR) is 99.6 cm³/mol. The predicted octanol–water partition coefficient (Wildman–Crippen LogP) is 3.71. The first kappa shape index (κ1) is 20.5. The summed E-state index contributed by atoms with van der Waals surface area (Å²) < 4.78 is 67.0. The molecule has 0 spiro atoms. The van der Waals surface area contributed by atoms with Crippen molar-refractivity contribution in [3.05, 3.63) is 59.7 Å². The van der Waals surface area contributed by atoms with Gasteiger partial charge in [-0.2, -0.15) is 18.2 Å². The smallest absolute Gasteiger partial charge is 0.339 e. The van der Waals surface area contributed by atoms with Gasteiger partial charge in [-0.25, -0.2) is 13.6 Å². The van der Waals surface area contributed by atoms with Crippen LogP contribution in [0.3, 0.4) is 0 Å². The third kappa shape index (κ3) is 3.58. The summed E-state index contributed by atoms with van der Waals surface area (Å²) in [6.45, 7) is 3.93. The lowest BCUT2D eigenvalue weighted by atomic mass is 10.1. The first-order chi connectivity index (χ1) is 13.9. The van der Waals surface area contributed by atoms with Gasteiger partial charge in [0.05, 0.1) is 11.5 Å². The van der Waals surface area contributed by atoms with E-state index in [4.69, 9.17) is 9.66 Å². The minimum Gasteiger partial charge on any atom is -0.339 e. The lowest BCUT2D eigenvalue weighted by Gasteiger charge is -2.06. The number of rotatable bonds is 4. The Balaban J connectivity index is 1.61. The molecule has 0 unspecified atom stereocenters. The number of halogens is 3. The average Bonchev–Trinajstić information content (AvgIpc) is 3.01. The van der Waals surface area contributed by atoms with Crippen LogP contribution in [0.5, 0.6) is 0 Å². The molecule has 2 aromatic heterocycles. The molecule has 158 valence electrons. The van der Waals surface area contributed by atoms with Crippen molar-refractivity contribution in [1.82, 2.24) is 15.1 Å². The van der Waals surface area contributed by atoms with Gasteiger partial charge in [0.2, 0.25) is 21.7 Å². The molecule has 3 aromatic rings. The average molecular weight is 438 g/mol. The number of sulfonamides is 1. The second-order valence-corrected chi connectivity index (χ2v) is 9.34. The minimum atomic E-state index is -4.47. The van der Waals surface area contributed by atoms with Crippen LogP contribution in [0.1, 0.15) is 42.8 Å². The van der Waals surface area contributed by atoms with Crippen molar-refractivity contribution in [2.24, 2.45) is 10.6 Å². The number of nitrogens with two attached hydrogens (primary N) is 1. The highest BCUT2D eigenvalue weighted by Crippen LogP contribution is 2.69. The van der Waals surface area contributed by atoms with E-state index >= 15 is 0 Å². The van der Waals surface area contributed by atoms with Gasteiger partial charge in [-0.05, 0) is 29.7 Å². The highest BCUT2D eigenvalue weighted by Gasteiger charge is 2.62. The monoisotopic (exact) mass is 438 g/mol. The second-order valence-electron chi connectivity index (χ2n) is 7.78. The maximum atomic E-state index is 13.0. The Hall–Kier alpha value is -2.79. The fourth-order valence-electron chi connectivity index (χ4n) is 3.71. The summed E-state index contributed by atoms with van der Waals surface area (Å²) in [5.41, 5.74) is -0.273. The first-order valence-corrected chi connectivity index (χ1v) is 10.4. The zero-order chi connectivity index (χ0) is 21.9. The summed E-state index contributed by atoms with van der Waals surface area (Å²) in [7, 11) is -3.84. The van der Waals surface area contributed by atoms with E-state index in [1.54, 1.807) is 6.07 Å². The number of primary sulfonamides is 1. The molecule has 0 saturated heterocycles. The molecule has 0 radical (unpaired) electrons. The van der Waals surface area contributed by atoms with Crippen LogP contribution in [0.15, 0.2) is 52.0 Å². The molecule has 1 fully saturated rings. The molecular weight excluding hydrogens is 421 g/mol. The third-order valence-electron chi connectivity index (χ3n) is 5.39. The van der Waals surface area contributed by atoms with Crippen LogP contribution in [0.4, 0.5) is 13.2 Å². The zero-order valence-corrected chi connectivity index (χ0v) is 16.7. The Morgan fingerprint density at radius 3 is 2.47 bits per heavy atom. The topological polar surface area (TPSA) is 112 Å². The minimum absolute atomic E-state index is 0.0649. The van der Waals surface area contributed by atoms with Crippen molar-refractivity contribution in [1.29, 1.82) is 0 Å². The Labute approximate surface area is 170 Å². The van der Waals surface area contributed by atoms with E-state index in [2.05, 4.69) is 15.1 Å². The number of aromatic nitrogens is 3. The SMILES string of the molecule is CC1(C)[C@H](c2ccc(S(N)(=O)=O)cn2)[C@H]1c1nc(-c2cccc(C(F)(F)F)c2)no1. The highest BCUT2D eigenvalue weighted by molar-refractivity contribution is 7.89. The molecule has 1 aliphatic carbocycles. The Bertz CT molecular complexity index is 1200. The van der Waals surface area contributed by atoms with Gasteiger partial charge in [-0.1, -0.05) is 31.1 Å². The molecule has 30 heavy (non-hydrogen) atoms. The van der Waals surface area contributed by atoms with E-state index in [9.17, 15) is 21.6 Å². The van der Waals surface area contributed by atoms with Crippen LogP contribution in [0.2, 0.25) is 0 Å². The molecule has 1 aromatic carbocycles. The number of nitrogens with zero attached hydrogens (tertiary/aromatic N) is 3. The molecule has 0 amide bonds. The van der Waals surface area contributed by atoms with Gasteiger partial charge in [-0.15, -0.1) is 0 Å². The largest absolute Gasteiger partial charge is 0.416 e. The van der Waals surface area contributed by atoms with Gasteiger partial charge in [-0.3, -0.25) is 4.98 Å². The van der Waals surface area contributed by atoms with Crippen molar-refractivity contribution in [2.75, 3.05) is 0 Å². The number of benzene rings is 1. The van der Waals surface area contributed by atoms with Crippen molar-refractivity contribution >= 4 is 10.0 Å². The lowest BCUT2D eigenvalue weighted by molar-refractivity contribution is -0.137. The fraction of sp³-hybridized carbons (Fsp3) is 0.316. The molecule has 7 nitrogen and oxygen atoms in total. The fourth-order valence-corrected chi connectivity index (χ4v) is 4.17. The van der Waals surface area contributed by atoms with E-state index < -0.39 is 21.8 Å². The molecule has 4 rings (SSSR count). The van der Waals surface area contributed by atoms with Crippen molar-refractivity contribution in [3.8, 4) is 11.4 Å². The number of hydrogen-bond donors (Lipinski definition) is 1. The Kier molecular flexibility index (Phi) is 4.51. The van der Waals surface area contributed by atoms with Crippen LogP contribution < -0.4 is 5.14 Å². The Morgan fingerprint density at radius 2 is 1.87 bits per heavy atom. The van der Waals surface area contributed by atoms with Crippen LogP contribution >= 0.6 is 0 Å². The third-order valence-corrected chi connectivity index (χ3v) is 6.29. The summed E-state index contributed by atoms with van der Waals surface area (Å²) in [5.74, 6) is 0.0176. The summed E-state index contributed by atoms with van der Waals surface area (Å²) in [6, 6.07) is 7.67. The van der Waals surface area contributed by atoms with Crippen LogP contribution in [0.25, 0.3) is 11.4 Å². The molecule has 2 N–H and O–H groups in total. The van der Waals surface area contributed by atoms with Gasteiger partial charge in [0, 0.05) is 23.4 Å². The summed E-state index contributed by atoms with van der Waals surface area (Å²) in [6.07, 6.45) is -3.28. The normalized spacial score (nSPS) is 20.9. The summed E-state index contributed by atoms with van der Waals surface area (Å²) in [5, 5.41) is 8.94. The van der Waals surface area contributed by atoms with E-state index in [0.717, 1.165) is 12.1 Å². The zero-order valence-electron chi connectivity index (χ0n) is 15.9. The quantitative estimate of drug-likeness (QED) is 0.665. The van der Waals surface area contributed by atoms with E-state index in [-0.39, 0.29) is 39.4 Å². The summed E-state index contributed by atoms with van der Waals surface area (Å²) >= 11 is 0. The highest BCUT2D eigenvalue weighted by atomic mass is 32.2. The van der Waals surface area contributed by atoms with Crippen molar-refractivity contribution < 1.29 is 26.1 Å². The van der Waals surface area contributed by atoms with Crippen molar-refractivity contribution in [3.63, 3.8) is 0 Å². The maximum absolute atomic E-state index is 13.0. The number of pyridine rings is 1. The van der Waals surface area contributed by atoms with Crippen LogP contribution in [-0.2, 0) is 16.2 Å². The molecule has 1 saturated carbocycles. The van der Waals surface area contributed by atoms with Crippen LogP contribution in [-0.4, -0.2) is 23.5 Å². The first-order valence-electron chi connectivity index (χ1n) is 8.89. The van der Waals surface area contributed by atoms with Gasteiger partial charge < -0.3 is 4.52 Å². The molecule has 2 heterocycles. The molecule has 0 bridgehead atoms.